The molecule has 0 bridgehead atoms. The van der Waals surface area contributed by atoms with Crippen molar-refractivity contribution in [2.24, 2.45) is 5.92 Å². The molecule has 1 N–H and O–H groups in total. The van der Waals surface area contributed by atoms with E-state index in [-0.39, 0.29) is 11.3 Å². The fourth-order valence-corrected chi connectivity index (χ4v) is 5.32. The van der Waals surface area contributed by atoms with Crippen molar-refractivity contribution in [2.75, 3.05) is 59.2 Å². The molecule has 234 valence electrons. The van der Waals surface area contributed by atoms with Gasteiger partial charge < -0.3 is 29.0 Å². The second-order valence-electron chi connectivity index (χ2n) is 11.3. The molecular formula is C34H46N2O7. The second kappa shape index (κ2) is 15.8. The number of morpholine rings is 1. The first-order valence-electron chi connectivity index (χ1n) is 15.5. The van der Waals surface area contributed by atoms with Gasteiger partial charge in [-0.05, 0) is 74.1 Å². The Balaban J connectivity index is 1.69. The number of rotatable bonds is 15. The highest BCUT2D eigenvalue weighted by molar-refractivity contribution is 6.46. The maximum atomic E-state index is 13.6. The fourth-order valence-electron chi connectivity index (χ4n) is 5.32. The number of hydrogen-bond donors (Lipinski definition) is 1. The predicted octanol–water partition coefficient (Wildman–Crippen LogP) is 5.44. The summed E-state index contributed by atoms with van der Waals surface area (Å²) < 4.78 is 23.1. The highest BCUT2D eigenvalue weighted by atomic mass is 16.5. The zero-order valence-corrected chi connectivity index (χ0v) is 26.0. The van der Waals surface area contributed by atoms with E-state index in [2.05, 4.69) is 18.7 Å². The van der Waals surface area contributed by atoms with Crippen LogP contribution in [0.5, 0.6) is 17.2 Å². The standard InChI is InChI=1S/C34H46N2O7/c1-5-19-42-27-11-8-25(9-12-27)32(37)30-31(26-10-13-28(29(23-26)41-6-2)43-20-14-24(3)4)36(34(39)33(30)38)16-7-15-35-17-21-40-22-18-35/h8-13,23-24,31,37H,5-7,14-22H2,1-4H3/b32-30+. The first kappa shape index (κ1) is 32.4. The predicted molar refractivity (Wildman–Crippen MR) is 166 cm³/mol. The van der Waals surface area contributed by atoms with Gasteiger partial charge in [-0.2, -0.15) is 0 Å². The van der Waals surface area contributed by atoms with Crippen molar-refractivity contribution < 1.29 is 33.6 Å². The number of carbonyl (C=O) groups excluding carboxylic acids is 2. The number of aliphatic hydroxyl groups is 1. The third-order valence-corrected chi connectivity index (χ3v) is 7.65. The minimum Gasteiger partial charge on any atom is -0.507 e. The van der Waals surface area contributed by atoms with Crippen molar-refractivity contribution in [3.63, 3.8) is 0 Å². The largest absolute Gasteiger partial charge is 0.507 e. The number of amides is 1. The summed E-state index contributed by atoms with van der Waals surface area (Å²) in [6, 6.07) is 11.7. The molecule has 1 atom stereocenters. The van der Waals surface area contributed by atoms with Gasteiger partial charge in [0.2, 0.25) is 0 Å². The van der Waals surface area contributed by atoms with Crippen LogP contribution in [0.25, 0.3) is 5.76 Å². The number of carbonyl (C=O) groups is 2. The molecule has 2 aliphatic heterocycles. The number of benzene rings is 2. The van der Waals surface area contributed by atoms with Gasteiger partial charge in [-0.15, -0.1) is 0 Å². The first-order valence-corrected chi connectivity index (χ1v) is 15.5. The van der Waals surface area contributed by atoms with Crippen LogP contribution in [0.2, 0.25) is 0 Å². The summed E-state index contributed by atoms with van der Waals surface area (Å²) in [5, 5.41) is 11.5. The van der Waals surface area contributed by atoms with E-state index in [1.165, 1.54) is 0 Å². The van der Waals surface area contributed by atoms with Crippen molar-refractivity contribution in [3.8, 4) is 17.2 Å². The van der Waals surface area contributed by atoms with Crippen LogP contribution in [0.4, 0.5) is 0 Å². The summed E-state index contributed by atoms with van der Waals surface area (Å²) in [5.74, 6) is 0.795. The average Bonchev–Trinajstić information content (AvgIpc) is 3.26. The van der Waals surface area contributed by atoms with Crippen LogP contribution in [0.15, 0.2) is 48.0 Å². The molecule has 1 amide bonds. The van der Waals surface area contributed by atoms with Gasteiger partial charge in [-0.1, -0.05) is 26.8 Å². The lowest BCUT2D eigenvalue weighted by molar-refractivity contribution is -0.140. The first-order chi connectivity index (χ1) is 20.8. The summed E-state index contributed by atoms with van der Waals surface area (Å²) in [7, 11) is 0. The van der Waals surface area contributed by atoms with Crippen molar-refractivity contribution in [2.45, 2.75) is 53.0 Å². The number of Topliss-reactive ketones (excluding diaryl/α,β-unsaturated/α-hetero) is 1. The van der Waals surface area contributed by atoms with Gasteiger partial charge in [0.05, 0.1) is 44.6 Å². The minimum atomic E-state index is -0.773. The molecule has 9 heteroatoms. The van der Waals surface area contributed by atoms with Crippen LogP contribution in [-0.4, -0.2) is 85.8 Å². The number of ether oxygens (including phenoxy) is 4. The Morgan fingerprint density at radius 1 is 0.953 bits per heavy atom. The van der Waals surface area contributed by atoms with Crippen molar-refractivity contribution in [1.82, 2.24) is 9.80 Å². The lowest BCUT2D eigenvalue weighted by Crippen LogP contribution is -2.39. The zero-order chi connectivity index (χ0) is 30.8. The number of nitrogens with zero attached hydrogens (tertiary/aromatic N) is 2. The average molecular weight is 595 g/mol. The van der Waals surface area contributed by atoms with Crippen LogP contribution >= 0.6 is 0 Å². The number of aliphatic hydroxyl groups excluding tert-OH is 1. The monoisotopic (exact) mass is 594 g/mol. The molecule has 0 saturated carbocycles. The van der Waals surface area contributed by atoms with Crippen LogP contribution < -0.4 is 14.2 Å². The molecule has 9 nitrogen and oxygen atoms in total. The van der Waals surface area contributed by atoms with Gasteiger partial charge in [0.1, 0.15) is 11.5 Å². The summed E-state index contributed by atoms with van der Waals surface area (Å²) >= 11 is 0. The summed E-state index contributed by atoms with van der Waals surface area (Å²) in [6.45, 7) is 14.0. The lowest BCUT2D eigenvalue weighted by Gasteiger charge is -2.29. The third kappa shape index (κ3) is 8.30. The van der Waals surface area contributed by atoms with Crippen molar-refractivity contribution in [1.29, 1.82) is 0 Å². The maximum absolute atomic E-state index is 13.6. The normalized spacial score (nSPS) is 18.8. The molecule has 0 radical (unpaired) electrons. The van der Waals surface area contributed by atoms with Crippen LogP contribution in [-0.2, 0) is 14.3 Å². The van der Waals surface area contributed by atoms with E-state index in [9.17, 15) is 14.7 Å². The highest BCUT2D eigenvalue weighted by Gasteiger charge is 2.46. The van der Waals surface area contributed by atoms with Gasteiger partial charge >= 0.3 is 0 Å². The molecule has 2 fully saturated rings. The Bertz CT molecular complexity index is 1250. The van der Waals surface area contributed by atoms with E-state index in [0.29, 0.717) is 80.3 Å². The Morgan fingerprint density at radius 3 is 2.37 bits per heavy atom. The molecule has 2 saturated heterocycles. The van der Waals surface area contributed by atoms with Crippen molar-refractivity contribution >= 4 is 17.4 Å². The maximum Gasteiger partial charge on any atom is 0.295 e. The molecule has 2 aromatic rings. The molecule has 0 spiro atoms. The van der Waals surface area contributed by atoms with Gasteiger partial charge in [0.15, 0.2) is 11.5 Å². The van der Waals surface area contributed by atoms with E-state index in [4.69, 9.17) is 18.9 Å². The minimum absolute atomic E-state index is 0.0644. The van der Waals surface area contributed by atoms with Crippen LogP contribution in [0.1, 0.15) is 64.1 Å². The van der Waals surface area contributed by atoms with E-state index in [0.717, 1.165) is 32.5 Å². The van der Waals surface area contributed by atoms with Crippen molar-refractivity contribution in [3.05, 3.63) is 59.2 Å². The van der Waals surface area contributed by atoms with Crippen LogP contribution in [0, 0.1) is 5.92 Å². The molecule has 2 aromatic carbocycles. The lowest BCUT2D eigenvalue weighted by atomic mass is 9.95. The van der Waals surface area contributed by atoms with E-state index >= 15 is 0 Å². The molecule has 2 aliphatic rings. The van der Waals surface area contributed by atoms with Gasteiger partial charge in [0.25, 0.3) is 11.7 Å². The molecule has 2 heterocycles. The van der Waals surface area contributed by atoms with E-state index in [1.807, 2.05) is 32.0 Å². The molecule has 0 aliphatic carbocycles. The SMILES string of the molecule is CCCOc1ccc(/C(O)=C2\C(=O)C(=O)N(CCCN3CCOCC3)C2c2ccc(OCCC(C)C)c(OCC)c2)cc1. The van der Waals surface area contributed by atoms with Crippen LogP contribution in [0.3, 0.4) is 0 Å². The molecule has 43 heavy (non-hydrogen) atoms. The zero-order valence-electron chi connectivity index (χ0n) is 26.0. The Kier molecular flexibility index (Phi) is 11.9. The molecular weight excluding hydrogens is 548 g/mol. The Morgan fingerprint density at radius 2 is 1.70 bits per heavy atom. The van der Waals surface area contributed by atoms with Gasteiger partial charge in [-0.25, -0.2) is 0 Å². The molecule has 1 unspecified atom stereocenters. The topological polar surface area (TPSA) is 97.8 Å². The smallest absolute Gasteiger partial charge is 0.295 e. The summed E-state index contributed by atoms with van der Waals surface area (Å²) in [4.78, 5) is 30.9. The summed E-state index contributed by atoms with van der Waals surface area (Å²) in [5.41, 5.74) is 1.18. The fraction of sp³-hybridized carbons (Fsp3) is 0.529. The number of hydrogen-bond acceptors (Lipinski definition) is 8. The van der Waals surface area contributed by atoms with Gasteiger partial charge in [-0.3, -0.25) is 14.5 Å². The number of ketones is 1. The summed E-state index contributed by atoms with van der Waals surface area (Å²) in [6.07, 6.45) is 2.46. The van der Waals surface area contributed by atoms with Gasteiger partial charge in [0, 0.05) is 31.7 Å². The van der Waals surface area contributed by atoms with E-state index < -0.39 is 17.7 Å². The Labute approximate surface area is 255 Å². The number of likely N-dealkylation sites (tertiary alicyclic amines) is 1. The highest BCUT2D eigenvalue weighted by Crippen LogP contribution is 2.42. The third-order valence-electron chi connectivity index (χ3n) is 7.65. The molecule has 4 rings (SSSR count). The second-order valence-corrected chi connectivity index (χ2v) is 11.3. The Hall–Kier alpha value is -3.56. The quantitative estimate of drug-likeness (QED) is 0.165. The van der Waals surface area contributed by atoms with E-state index in [1.54, 1.807) is 29.2 Å². The molecule has 0 aromatic heterocycles.